The summed E-state index contributed by atoms with van der Waals surface area (Å²) in [6.07, 6.45) is 0. The molecular weight excluding hydrogens is 639 g/mol. The summed E-state index contributed by atoms with van der Waals surface area (Å²) in [5.74, 6) is 0. The topological polar surface area (TPSA) is 3.24 Å². The molecule has 2 aliphatic rings. The minimum atomic E-state index is -0.114. The summed E-state index contributed by atoms with van der Waals surface area (Å²) in [5, 5.41) is 2.57. The van der Waals surface area contributed by atoms with E-state index in [1.54, 1.807) is 0 Å². The van der Waals surface area contributed by atoms with E-state index in [2.05, 4.69) is 209 Å². The van der Waals surface area contributed by atoms with Crippen LogP contribution in [0.4, 0.5) is 17.1 Å². The average Bonchev–Trinajstić information content (AvgIpc) is 3.58. The van der Waals surface area contributed by atoms with Crippen LogP contribution in [0, 0.1) is 0 Å². The van der Waals surface area contributed by atoms with Crippen molar-refractivity contribution in [2.24, 2.45) is 0 Å². The zero-order valence-corrected chi connectivity index (χ0v) is 30.7. The van der Waals surface area contributed by atoms with Crippen LogP contribution in [0.3, 0.4) is 0 Å². The van der Waals surface area contributed by atoms with Crippen molar-refractivity contribution in [1.29, 1.82) is 0 Å². The predicted octanol–water partition coefficient (Wildman–Crippen LogP) is 14.3. The van der Waals surface area contributed by atoms with Gasteiger partial charge in [-0.15, -0.1) is 0 Å². The molecule has 10 rings (SSSR count). The third-order valence-electron chi connectivity index (χ3n) is 12.0. The number of fused-ring (bicyclic) bond motifs is 8. The fourth-order valence-electron chi connectivity index (χ4n) is 9.40. The van der Waals surface area contributed by atoms with E-state index in [9.17, 15) is 0 Å². The van der Waals surface area contributed by atoms with Gasteiger partial charge in [0.15, 0.2) is 0 Å². The summed E-state index contributed by atoms with van der Waals surface area (Å²) >= 11 is 0. The second-order valence-corrected chi connectivity index (χ2v) is 15.8. The Bertz CT molecular complexity index is 2720. The van der Waals surface area contributed by atoms with Crippen molar-refractivity contribution < 1.29 is 0 Å². The van der Waals surface area contributed by atoms with Gasteiger partial charge in [-0.25, -0.2) is 0 Å². The predicted molar refractivity (Wildman–Crippen MR) is 225 cm³/mol. The average molecular weight is 680 g/mol. The number of hydrogen-bond donors (Lipinski definition) is 0. The van der Waals surface area contributed by atoms with Crippen molar-refractivity contribution in [3.63, 3.8) is 0 Å². The highest BCUT2D eigenvalue weighted by atomic mass is 15.1. The molecule has 0 atom stereocenters. The molecule has 0 bridgehead atoms. The molecule has 0 N–H and O–H groups in total. The normalized spacial score (nSPS) is 14.3. The van der Waals surface area contributed by atoms with E-state index in [-0.39, 0.29) is 10.8 Å². The number of rotatable bonds is 5. The van der Waals surface area contributed by atoms with Crippen LogP contribution in [-0.2, 0) is 10.8 Å². The summed E-state index contributed by atoms with van der Waals surface area (Å²) in [4.78, 5) is 2.49. The number of benzene rings is 8. The Morgan fingerprint density at radius 1 is 0.358 bits per heavy atom. The first-order chi connectivity index (χ1) is 25.8. The molecule has 0 saturated heterocycles. The Morgan fingerprint density at radius 3 is 1.66 bits per heavy atom. The first-order valence-electron chi connectivity index (χ1n) is 18.8. The van der Waals surface area contributed by atoms with Crippen molar-refractivity contribution in [3.8, 4) is 44.5 Å². The lowest BCUT2D eigenvalue weighted by Gasteiger charge is -2.31. The molecule has 0 aromatic heterocycles. The van der Waals surface area contributed by atoms with Gasteiger partial charge in [-0.2, -0.15) is 0 Å². The van der Waals surface area contributed by atoms with Gasteiger partial charge in [0, 0.05) is 27.8 Å². The molecule has 0 spiro atoms. The molecule has 0 heterocycles. The third kappa shape index (κ3) is 4.77. The maximum Gasteiger partial charge on any atom is 0.0540 e. The number of hydrogen-bond acceptors (Lipinski definition) is 1. The van der Waals surface area contributed by atoms with Gasteiger partial charge in [0.05, 0.1) is 5.69 Å². The summed E-state index contributed by atoms with van der Waals surface area (Å²) in [6, 6.07) is 65.3. The van der Waals surface area contributed by atoms with Crippen LogP contribution in [0.5, 0.6) is 0 Å². The van der Waals surface area contributed by atoms with Gasteiger partial charge in [0.2, 0.25) is 0 Å². The highest BCUT2D eigenvalue weighted by molar-refractivity contribution is 6.01. The van der Waals surface area contributed by atoms with E-state index in [4.69, 9.17) is 0 Å². The SMILES string of the molecule is CC1(C)c2ccccc2-c2ccc(N(c3ccc4c5c(ccc4c3)-c3ccccc3C5(C)C)c3ccc(-c4ccccc4)cc3-c3ccccc3)cc21. The fraction of sp³-hybridized carbons (Fsp3) is 0.115. The van der Waals surface area contributed by atoms with Crippen molar-refractivity contribution in [2.45, 2.75) is 38.5 Å². The van der Waals surface area contributed by atoms with E-state index >= 15 is 0 Å². The third-order valence-corrected chi connectivity index (χ3v) is 12.0. The van der Waals surface area contributed by atoms with Crippen molar-refractivity contribution >= 4 is 27.8 Å². The van der Waals surface area contributed by atoms with Crippen LogP contribution in [0.1, 0.15) is 49.9 Å². The number of nitrogens with zero attached hydrogens (tertiary/aromatic N) is 1. The van der Waals surface area contributed by atoms with E-state index in [1.807, 2.05) is 0 Å². The maximum absolute atomic E-state index is 2.49. The summed E-state index contributed by atoms with van der Waals surface area (Å²) in [6.45, 7) is 9.49. The van der Waals surface area contributed by atoms with Gasteiger partial charge in [-0.05, 0) is 108 Å². The van der Waals surface area contributed by atoms with Gasteiger partial charge in [0.1, 0.15) is 0 Å². The molecule has 0 radical (unpaired) electrons. The lowest BCUT2D eigenvalue weighted by Crippen LogP contribution is -2.17. The largest absolute Gasteiger partial charge is 0.310 e. The Labute approximate surface area is 312 Å². The smallest absolute Gasteiger partial charge is 0.0540 e. The number of anilines is 3. The van der Waals surface area contributed by atoms with Crippen LogP contribution < -0.4 is 4.90 Å². The first-order valence-corrected chi connectivity index (χ1v) is 18.8. The lowest BCUT2D eigenvalue weighted by molar-refractivity contribution is 0.660. The zero-order valence-electron chi connectivity index (χ0n) is 30.7. The Hall–Kier alpha value is -6.18. The molecule has 0 unspecified atom stereocenters. The van der Waals surface area contributed by atoms with Gasteiger partial charge in [0.25, 0.3) is 0 Å². The minimum Gasteiger partial charge on any atom is -0.310 e. The molecule has 0 saturated carbocycles. The summed E-state index contributed by atoms with van der Waals surface area (Å²) in [5.41, 5.74) is 19.0. The van der Waals surface area contributed by atoms with E-state index < -0.39 is 0 Å². The van der Waals surface area contributed by atoms with Crippen LogP contribution in [-0.4, -0.2) is 0 Å². The van der Waals surface area contributed by atoms with Crippen molar-refractivity contribution in [2.75, 3.05) is 4.90 Å². The molecule has 0 fully saturated rings. The van der Waals surface area contributed by atoms with Crippen LogP contribution in [0.15, 0.2) is 176 Å². The quantitative estimate of drug-likeness (QED) is 0.175. The summed E-state index contributed by atoms with van der Waals surface area (Å²) in [7, 11) is 0. The van der Waals surface area contributed by atoms with Gasteiger partial charge in [-0.1, -0.05) is 167 Å². The molecule has 8 aromatic carbocycles. The molecule has 53 heavy (non-hydrogen) atoms. The maximum atomic E-state index is 2.49. The van der Waals surface area contributed by atoms with Gasteiger partial charge in [-0.3, -0.25) is 0 Å². The van der Waals surface area contributed by atoms with E-state index in [1.165, 1.54) is 77.5 Å². The van der Waals surface area contributed by atoms with Crippen LogP contribution >= 0.6 is 0 Å². The van der Waals surface area contributed by atoms with Gasteiger partial charge >= 0.3 is 0 Å². The highest BCUT2D eigenvalue weighted by Gasteiger charge is 2.38. The second-order valence-electron chi connectivity index (χ2n) is 15.8. The zero-order chi connectivity index (χ0) is 35.9. The van der Waals surface area contributed by atoms with E-state index in [0.717, 1.165) is 17.1 Å². The molecule has 0 amide bonds. The second kappa shape index (κ2) is 11.7. The van der Waals surface area contributed by atoms with Crippen LogP contribution in [0.25, 0.3) is 55.3 Å². The molecule has 1 nitrogen and oxygen atoms in total. The van der Waals surface area contributed by atoms with Crippen LogP contribution in [0.2, 0.25) is 0 Å². The Morgan fingerprint density at radius 2 is 0.925 bits per heavy atom. The molecule has 2 aliphatic carbocycles. The minimum absolute atomic E-state index is 0.0824. The molecule has 254 valence electrons. The molecular formula is C52H41N. The Balaban J connectivity index is 1.21. The Kier molecular flexibility index (Phi) is 6.94. The fourth-order valence-corrected chi connectivity index (χ4v) is 9.40. The van der Waals surface area contributed by atoms with Crippen molar-refractivity contribution in [1.82, 2.24) is 0 Å². The highest BCUT2D eigenvalue weighted by Crippen LogP contribution is 2.54. The standard InChI is InChI=1S/C52H41N/c1-51(2)46-21-13-11-19-41(46)43-29-26-39(33-48(43)51)53(49-30-24-36(34-15-7-5-8-16-34)32-45(49)35-17-9-6-10-18-35)38-25-28-40-37(31-38)23-27-44-42-20-12-14-22-47(42)52(3,4)50(40)44/h5-33H,1-4H3. The first kappa shape index (κ1) is 31.5. The molecule has 1 heteroatoms. The molecule has 8 aromatic rings. The van der Waals surface area contributed by atoms with Gasteiger partial charge < -0.3 is 4.90 Å². The monoisotopic (exact) mass is 679 g/mol. The van der Waals surface area contributed by atoms with Crippen molar-refractivity contribution in [3.05, 3.63) is 198 Å². The summed E-state index contributed by atoms with van der Waals surface area (Å²) < 4.78 is 0. The lowest BCUT2D eigenvalue weighted by atomic mass is 9.80. The van der Waals surface area contributed by atoms with E-state index in [0.29, 0.717) is 0 Å². The molecule has 0 aliphatic heterocycles.